The highest BCUT2D eigenvalue weighted by Gasteiger charge is 2.13. The minimum atomic E-state index is -0.278. The lowest BCUT2D eigenvalue weighted by molar-refractivity contribution is 0.0958. The average molecular weight is 481 g/mol. The highest BCUT2D eigenvalue weighted by molar-refractivity contribution is 5.92. The number of nitrogens with one attached hydrogen (secondary N) is 2. The van der Waals surface area contributed by atoms with Crippen molar-refractivity contribution in [3.05, 3.63) is 84.9 Å². The normalized spacial score (nSPS) is 10.8. The van der Waals surface area contributed by atoms with Crippen molar-refractivity contribution in [3.8, 4) is 28.4 Å². The SMILES string of the molecule is CNC(=O)c1cc(Oc2ccc3c(c2)nc(Nc2cc(-c4ccncc4)ccc2OC)n3C)ccn1. The van der Waals surface area contributed by atoms with Crippen LogP contribution < -0.4 is 20.1 Å². The van der Waals surface area contributed by atoms with Crippen molar-refractivity contribution in [1.82, 2.24) is 24.8 Å². The van der Waals surface area contributed by atoms with E-state index < -0.39 is 0 Å². The Kier molecular flexibility index (Phi) is 6.19. The second-order valence-electron chi connectivity index (χ2n) is 7.98. The van der Waals surface area contributed by atoms with E-state index in [0.717, 1.165) is 27.8 Å². The molecule has 0 aliphatic carbocycles. The molecule has 0 atom stereocenters. The Balaban J connectivity index is 1.44. The number of carbonyl (C=O) groups excluding carboxylic acids is 1. The molecule has 0 saturated carbocycles. The van der Waals surface area contributed by atoms with Gasteiger partial charge in [-0.3, -0.25) is 14.8 Å². The fourth-order valence-electron chi connectivity index (χ4n) is 3.87. The number of methoxy groups -OCH3 is 1. The first-order chi connectivity index (χ1) is 17.6. The summed E-state index contributed by atoms with van der Waals surface area (Å²) in [7, 11) is 5.14. The Hall–Kier alpha value is -4.92. The fraction of sp³-hybridized carbons (Fsp3) is 0.111. The number of nitrogens with zero attached hydrogens (tertiary/aromatic N) is 4. The lowest BCUT2D eigenvalue weighted by atomic mass is 10.1. The Labute approximate surface area is 207 Å². The summed E-state index contributed by atoms with van der Waals surface area (Å²) >= 11 is 0. The summed E-state index contributed by atoms with van der Waals surface area (Å²) < 4.78 is 13.5. The van der Waals surface area contributed by atoms with Crippen molar-refractivity contribution >= 4 is 28.6 Å². The van der Waals surface area contributed by atoms with Gasteiger partial charge in [0.2, 0.25) is 5.95 Å². The molecule has 0 unspecified atom stereocenters. The number of aryl methyl sites for hydroxylation is 1. The van der Waals surface area contributed by atoms with E-state index in [1.807, 2.05) is 60.1 Å². The first kappa shape index (κ1) is 22.9. The summed E-state index contributed by atoms with van der Waals surface area (Å²) in [5.41, 5.74) is 4.84. The van der Waals surface area contributed by atoms with E-state index in [4.69, 9.17) is 14.5 Å². The van der Waals surface area contributed by atoms with E-state index >= 15 is 0 Å². The highest BCUT2D eigenvalue weighted by atomic mass is 16.5. The molecule has 0 aliphatic rings. The van der Waals surface area contributed by atoms with Crippen LogP contribution in [-0.2, 0) is 7.05 Å². The number of amides is 1. The predicted molar refractivity (Wildman–Crippen MR) is 138 cm³/mol. The van der Waals surface area contributed by atoms with Gasteiger partial charge in [-0.1, -0.05) is 6.07 Å². The summed E-state index contributed by atoms with van der Waals surface area (Å²) in [5.74, 6) is 2.18. The second kappa shape index (κ2) is 9.75. The van der Waals surface area contributed by atoms with Crippen LogP contribution in [0.3, 0.4) is 0 Å². The van der Waals surface area contributed by atoms with E-state index in [0.29, 0.717) is 23.2 Å². The fourth-order valence-corrected chi connectivity index (χ4v) is 3.87. The van der Waals surface area contributed by atoms with Gasteiger partial charge in [0.25, 0.3) is 5.91 Å². The largest absolute Gasteiger partial charge is 0.495 e. The highest BCUT2D eigenvalue weighted by Crippen LogP contribution is 2.34. The molecule has 0 radical (unpaired) electrons. The molecule has 5 aromatic rings. The van der Waals surface area contributed by atoms with Crippen LogP contribution in [0.5, 0.6) is 17.2 Å². The Morgan fingerprint density at radius 1 is 0.917 bits per heavy atom. The molecule has 0 fully saturated rings. The first-order valence-corrected chi connectivity index (χ1v) is 11.2. The van der Waals surface area contributed by atoms with Crippen LogP contribution in [0.25, 0.3) is 22.2 Å². The zero-order valence-electron chi connectivity index (χ0n) is 20.0. The molecular weight excluding hydrogens is 456 g/mol. The van der Waals surface area contributed by atoms with Gasteiger partial charge in [0, 0.05) is 44.8 Å². The standard InChI is InChI=1S/C27H24N6O3/c1-28-26(34)23-16-20(10-13-30-23)36-19-5-6-24-21(15-19)31-27(33(24)2)32-22-14-18(4-7-25(22)35-3)17-8-11-29-12-9-17/h4-16H,1-3H3,(H,28,34)(H,31,32). The number of pyridine rings is 2. The molecule has 36 heavy (non-hydrogen) atoms. The van der Waals surface area contributed by atoms with Crippen molar-refractivity contribution in [1.29, 1.82) is 0 Å². The summed E-state index contributed by atoms with van der Waals surface area (Å²) in [4.78, 5) is 24.8. The quantitative estimate of drug-likeness (QED) is 0.340. The maximum atomic E-state index is 11.9. The number of benzene rings is 2. The van der Waals surface area contributed by atoms with Gasteiger partial charge in [0.05, 0.1) is 23.8 Å². The minimum Gasteiger partial charge on any atom is -0.495 e. The van der Waals surface area contributed by atoms with Crippen molar-refractivity contribution in [2.45, 2.75) is 0 Å². The van der Waals surface area contributed by atoms with Crippen molar-refractivity contribution in [3.63, 3.8) is 0 Å². The summed E-state index contributed by atoms with van der Waals surface area (Å²) in [5, 5.41) is 5.96. The number of carbonyl (C=O) groups is 1. The van der Waals surface area contributed by atoms with Crippen molar-refractivity contribution in [2.24, 2.45) is 7.05 Å². The van der Waals surface area contributed by atoms with Crippen molar-refractivity contribution in [2.75, 3.05) is 19.5 Å². The number of hydrogen-bond donors (Lipinski definition) is 2. The smallest absolute Gasteiger partial charge is 0.269 e. The van der Waals surface area contributed by atoms with E-state index in [1.54, 1.807) is 38.7 Å². The van der Waals surface area contributed by atoms with E-state index in [1.165, 1.54) is 6.20 Å². The lowest BCUT2D eigenvalue weighted by Crippen LogP contribution is -2.18. The summed E-state index contributed by atoms with van der Waals surface area (Å²) in [6.45, 7) is 0. The first-order valence-electron chi connectivity index (χ1n) is 11.2. The van der Waals surface area contributed by atoms with Gasteiger partial charge in [0.1, 0.15) is 22.9 Å². The van der Waals surface area contributed by atoms with Crippen LogP contribution in [0, 0.1) is 0 Å². The Bertz CT molecular complexity index is 1550. The Morgan fingerprint density at radius 2 is 1.72 bits per heavy atom. The molecule has 0 bridgehead atoms. The van der Waals surface area contributed by atoms with Gasteiger partial charge < -0.3 is 24.7 Å². The average Bonchev–Trinajstić information content (AvgIpc) is 3.22. The van der Waals surface area contributed by atoms with Crippen LogP contribution in [0.4, 0.5) is 11.6 Å². The minimum absolute atomic E-state index is 0.278. The van der Waals surface area contributed by atoms with Gasteiger partial charge in [-0.15, -0.1) is 0 Å². The lowest BCUT2D eigenvalue weighted by Gasteiger charge is -2.13. The molecular formula is C27H24N6O3. The molecule has 3 aromatic heterocycles. The molecule has 9 heteroatoms. The van der Waals surface area contributed by atoms with Crippen LogP contribution in [0.15, 0.2) is 79.3 Å². The third kappa shape index (κ3) is 4.54. The van der Waals surface area contributed by atoms with Crippen molar-refractivity contribution < 1.29 is 14.3 Å². The molecule has 180 valence electrons. The number of ether oxygens (including phenoxy) is 2. The molecule has 2 N–H and O–H groups in total. The van der Waals surface area contributed by atoms with Crippen LogP contribution in [-0.4, -0.2) is 39.6 Å². The number of hydrogen-bond acceptors (Lipinski definition) is 7. The van der Waals surface area contributed by atoms with Gasteiger partial charge in [-0.05, 0) is 53.6 Å². The van der Waals surface area contributed by atoms with E-state index in [2.05, 4.69) is 20.6 Å². The third-order valence-corrected chi connectivity index (χ3v) is 5.74. The zero-order chi connectivity index (χ0) is 25.1. The van der Waals surface area contributed by atoms with Gasteiger partial charge in [-0.2, -0.15) is 0 Å². The maximum Gasteiger partial charge on any atom is 0.269 e. The number of fused-ring (bicyclic) bond motifs is 1. The molecule has 2 aromatic carbocycles. The zero-order valence-corrected chi connectivity index (χ0v) is 20.0. The molecule has 5 rings (SSSR count). The summed E-state index contributed by atoms with van der Waals surface area (Å²) in [6.07, 6.45) is 5.07. The van der Waals surface area contributed by atoms with Gasteiger partial charge in [-0.25, -0.2) is 4.98 Å². The molecule has 0 aliphatic heterocycles. The number of anilines is 2. The summed E-state index contributed by atoms with van der Waals surface area (Å²) in [6, 6.07) is 18.8. The van der Waals surface area contributed by atoms with E-state index in [-0.39, 0.29) is 11.6 Å². The van der Waals surface area contributed by atoms with Crippen LogP contribution >= 0.6 is 0 Å². The predicted octanol–water partition coefficient (Wildman–Crippen LogP) is 4.93. The maximum absolute atomic E-state index is 11.9. The van der Waals surface area contributed by atoms with Gasteiger partial charge in [0.15, 0.2) is 0 Å². The van der Waals surface area contributed by atoms with Crippen LogP contribution in [0.2, 0.25) is 0 Å². The molecule has 3 heterocycles. The number of imidazole rings is 1. The monoisotopic (exact) mass is 480 g/mol. The number of aromatic nitrogens is 4. The molecule has 1 amide bonds. The molecule has 0 spiro atoms. The molecule has 0 saturated heterocycles. The second-order valence-corrected chi connectivity index (χ2v) is 7.98. The molecule has 9 nitrogen and oxygen atoms in total. The number of rotatable bonds is 7. The topological polar surface area (TPSA) is 103 Å². The van der Waals surface area contributed by atoms with Gasteiger partial charge >= 0.3 is 0 Å². The Morgan fingerprint density at radius 3 is 2.50 bits per heavy atom. The third-order valence-electron chi connectivity index (χ3n) is 5.74. The van der Waals surface area contributed by atoms with Crippen LogP contribution in [0.1, 0.15) is 10.5 Å². The van der Waals surface area contributed by atoms with E-state index in [9.17, 15) is 4.79 Å².